The quantitative estimate of drug-likeness (QED) is 0.671. The summed E-state index contributed by atoms with van der Waals surface area (Å²) < 4.78 is 5.27. The van der Waals surface area contributed by atoms with Gasteiger partial charge in [0.15, 0.2) is 0 Å². The second kappa shape index (κ2) is 9.98. The Labute approximate surface area is 152 Å². The summed E-state index contributed by atoms with van der Waals surface area (Å²) >= 11 is 0. The van der Waals surface area contributed by atoms with Crippen molar-refractivity contribution in [2.24, 2.45) is 5.73 Å². The molecule has 0 radical (unpaired) electrons. The summed E-state index contributed by atoms with van der Waals surface area (Å²) in [5.41, 5.74) is 6.62. The first-order valence-corrected chi connectivity index (χ1v) is 8.41. The molecule has 0 aromatic heterocycles. The van der Waals surface area contributed by atoms with Gasteiger partial charge in [0.2, 0.25) is 5.91 Å². The van der Waals surface area contributed by atoms with Crippen molar-refractivity contribution in [3.05, 3.63) is 71.8 Å². The van der Waals surface area contributed by atoms with Crippen LogP contribution >= 0.6 is 0 Å². The van der Waals surface area contributed by atoms with E-state index in [9.17, 15) is 14.4 Å². The number of nitrogens with two attached hydrogens (primary N) is 1. The van der Waals surface area contributed by atoms with E-state index in [1.165, 1.54) is 0 Å². The van der Waals surface area contributed by atoms with Gasteiger partial charge in [-0.15, -0.1) is 0 Å². The smallest absolute Gasteiger partial charge is 0.328 e. The van der Waals surface area contributed by atoms with E-state index in [0.717, 1.165) is 5.56 Å². The Hall–Kier alpha value is -3.15. The van der Waals surface area contributed by atoms with Crippen LogP contribution < -0.4 is 11.1 Å². The highest BCUT2D eigenvalue weighted by Crippen LogP contribution is 2.06. The standard InChI is InChI=1S/C20H22N2O4/c21-18(23)12-11-17(22-19(24)16-9-5-2-6-10-16)20(25)26-14-13-15-7-3-1-4-8-15/h1-10,17H,11-14H2,(H2,21,23)(H,22,24)/t17-/m0/s1. The Kier molecular flexibility index (Phi) is 7.36. The molecule has 0 aliphatic carbocycles. The molecule has 2 amide bonds. The highest BCUT2D eigenvalue weighted by atomic mass is 16.5. The molecule has 0 bridgehead atoms. The van der Waals surface area contributed by atoms with Gasteiger partial charge in [-0.25, -0.2) is 4.79 Å². The molecule has 6 nitrogen and oxygen atoms in total. The maximum atomic E-state index is 12.3. The minimum atomic E-state index is -0.925. The summed E-state index contributed by atoms with van der Waals surface area (Å²) in [4.78, 5) is 35.6. The maximum absolute atomic E-state index is 12.3. The Bertz CT molecular complexity index is 732. The molecule has 2 aromatic carbocycles. The second-order valence-corrected chi connectivity index (χ2v) is 5.80. The normalized spacial score (nSPS) is 11.4. The van der Waals surface area contributed by atoms with Crippen LogP contribution in [0.4, 0.5) is 0 Å². The van der Waals surface area contributed by atoms with Crippen LogP contribution in [-0.2, 0) is 20.7 Å². The highest BCUT2D eigenvalue weighted by Gasteiger charge is 2.23. The fourth-order valence-corrected chi connectivity index (χ4v) is 2.38. The van der Waals surface area contributed by atoms with Gasteiger partial charge in [-0.1, -0.05) is 48.5 Å². The van der Waals surface area contributed by atoms with Crippen molar-refractivity contribution < 1.29 is 19.1 Å². The zero-order valence-corrected chi connectivity index (χ0v) is 14.4. The first kappa shape index (κ1) is 19.2. The summed E-state index contributed by atoms with van der Waals surface area (Å²) in [5, 5.41) is 2.62. The minimum absolute atomic E-state index is 0.0203. The third-order valence-electron chi connectivity index (χ3n) is 3.78. The monoisotopic (exact) mass is 354 g/mol. The lowest BCUT2D eigenvalue weighted by Crippen LogP contribution is -2.42. The Morgan fingerprint density at radius 2 is 1.58 bits per heavy atom. The lowest BCUT2D eigenvalue weighted by molar-refractivity contribution is -0.146. The van der Waals surface area contributed by atoms with Gasteiger partial charge in [0.1, 0.15) is 6.04 Å². The fourth-order valence-electron chi connectivity index (χ4n) is 2.38. The topological polar surface area (TPSA) is 98.5 Å². The number of benzene rings is 2. The number of primary amides is 1. The second-order valence-electron chi connectivity index (χ2n) is 5.80. The van der Waals surface area contributed by atoms with Crippen LogP contribution in [0.2, 0.25) is 0 Å². The zero-order valence-electron chi connectivity index (χ0n) is 14.4. The molecule has 2 aromatic rings. The molecule has 2 rings (SSSR count). The molecule has 0 aliphatic heterocycles. The molecule has 6 heteroatoms. The number of ether oxygens (including phenoxy) is 1. The van der Waals surface area contributed by atoms with Crippen molar-refractivity contribution in [2.45, 2.75) is 25.3 Å². The number of nitrogens with one attached hydrogen (secondary N) is 1. The van der Waals surface area contributed by atoms with Gasteiger partial charge in [0, 0.05) is 18.4 Å². The SMILES string of the molecule is NC(=O)CC[C@H](NC(=O)c1ccccc1)C(=O)OCCc1ccccc1. The Balaban J connectivity index is 1.92. The van der Waals surface area contributed by atoms with Crippen molar-refractivity contribution in [1.82, 2.24) is 5.32 Å². The van der Waals surface area contributed by atoms with Crippen LogP contribution in [0.1, 0.15) is 28.8 Å². The predicted molar refractivity (Wildman–Crippen MR) is 97.2 cm³/mol. The molecule has 1 atom stereocenters. The van der Waals surface area contributed by atoms with E-state index in [0.29, 0.717) is 12.0 Å². The van der Waals surface area contributed by atoms with Crippen LogP contribution in [0, 0.1) is 0 Å². The van der Waals surface area contributed by atoms with Crippen LogP contribution in [0.25, 0.3) is 0 Å². The van der Waals surface area contributed by atoms with Gasteiger partial charge in [0.05, 0.1) is 6.61 Å². The lowest BCUT2D eigenvalue weighted by Gasteiger charge is -2.17. The first-order valence-electron chi connectivity index (χ1n) is 8.41. The van der Waals surface area contributed by atoms with Crippen molar-refractivity contribution in [2.75, 3.05) is 6.61 Å². The molecule has 136 valence electrons. The summed E-state index contributed by atoms with van der Waals surface area (Å²) in [7, 11) is 0. The van der Waals surface area contributed by atoms with E-state index in [-0.39, 0.29) is 19.4 Å². The number of hydrogen-bond acceptors (Lipinski definition) is 4. The fraction of sp³-hybridized carbons (Fsp3) is 0.250. The third kappa shape index (κ3) is 6.39. The average Bonchev–Trinajstić information content (AvgIpc) is 2.66. The summed E-state index contributed by atoms with van der Waals surface area (Å²) in [6.07, 6.45) is 0.646. The molecular weight excluding hydrogens is 332 g/mol. The number of hydrogen-bond donors (Lipinski definition) is 2. The molecule has 0 fully saturated rings. The number of carbonyl (C=O) groups excluding carboxylic acids is 3. The van der Waals surface area contributed by atoms with Gasteiger partial charge in [-0.2, -0.15) is 0 Å². The molecule has 3 N–H and O–H groups in total. The van der Waals surface area contributed by atoms with Crippen molar-refractivity contribution >= 4 is 17.8 Å². The van der Waals surface area contributed by atoms with Crippen LogP contribution in [0.3, 0.4) is 0 Å². The van der Waals surface area contributed by atoms with Crippen LogP contribution in [0.15, 0.2) is 60.7 Å². The first-order chi connectivity index (χ1) is 12.6. The van der Waals surface area contributed by atoms with E-state index >= 15 is 0 Å². The van der Waals surface area contributed by atoms with Crippen molar-refractivity contribution in [3.8, 4) is 0 Å². The number of carbonyl (C=O) groups is 3. The summed E-state index contributed by atoms with van der Waals surface area (Å²) in [6, 6.07) is 17.2. The maximum Gasteiger partial charge on any atom is 0.328 e. The van der Waals surface area contributed by atoms with Gasteiger partial charge < -0.3 is 15.8 Å². The minimum Gasteiger partial charge on any atom is -0.464 e. The number of amides is 2. The highest BCUT2D eigenvalue weighted by molar-refractivity contribution is 5.96. The number of rotatable bonds is 9. The van der Waals surface area contributed by atoms with Crippen LogP contribution in [0.5, 0.6) is 0 Å². The van der Waals surface area contributed by atoms with E-state index in [1.54, 1.807) is 30.3 Å². The Morgan fingerprint density at radius 1 is 0.962 bits per heavy atom. The van der Waals surface area contributed by atoms with Crippen molar-refractivity contribution in [3.63, 3.8) is 0 Å². The van der Waals surface area contributed by atoms with E-state index in [1.807, 2.05) is 30.3 Å². The molecule has 0 spiro atoms. The Morgan fingerprint density at radius 3 is 2.19 bits per heavy atom. The molecule has 0 saturated heterocycles. The molecule has 0 aliphatic rings. The van der Waals surface area contributed by atoms with E-state index in [2.05, 4.69) is 5.32 Å². The van der Waals surface area contributed by atoms with Crippen molar-refractivity contribution in [1.29, 1.82) is 0 Å². The zero-order chi connectivity index (χ0) is 18.8. The lowest BCUT2D eigenvalue weighted by atomic mass is 10.1. The van der Waals surface area contributed by atoms with Gasteiger partial charge >= 0.3 is 5.97 Å². The molecule has 26 heavy (non-hydrogen) atoms. The molecular formula is C20H22N2O4. The van der Waals surface area contributed by atoms with E-state index < -0.39 is 23.8 Å². The van der Waals surface area contributed by atoms with Gasteiger partial charge in [-0.3, -0.25) is 9.59 Å². The largest absolute Gasteiger partial charge is 0.464 e. The summed E-state index contributed by atoms with van der Waals surface area (Å²) in [5.74, 6) is -1.52. The summed E-state index contributed by atoms with van der Waals surface area (Å²) in [6.45, 7) is 0.192. The predicted octanol–water partition coefficient (Wildman–Crippen LogP) is 1.84. The average molecular weight is 354 g/mol. The molecule has 0 unspecified atom stereocenters. The van der Waals surface area contributed by atoms with Gasteiger partial charge in [0.25, 0.3) is 5.91 Å². The molecule has 0 heterocycles. The number of esters is 1. The molecule has 0 saturated carbocycles. The van der Waals surface area contributed by atoms with E-state index in [4.69, 9.17) is 10.5 Å². The van der Waals surface area contributed by atoms with Gasteiger partial charge in [-0.05, 0) is 24.1 Å². The van der Waals surface area contributed by atoms with Crippen LogP contribution in [-0.4, -0.2) is 30.4 Å². The third-order valence-corrected chi connectivity index (χ3v) is 3.78.